The molecule has 0 aliphatic rings. The number of hydrogen-bond acceptors (Lipinski definition) is 4. The lowest BCUT2D eigenvalue weighted by atomic mass is 10.1. The van der Waals surface area contributed by atoms with Crippen molar-refractivity contribution in [1.29, 1.82) is 0 Å². The number of carbonyl (C=O) groups is 1. The van der Waals surface area contributed by atoms with E-state index >= 15 is 0 Å². The molecular formula is C12H11BrF5NO3. The van der Waals surface area contributed by atoms with E-state index in [2.05, 4.69) is 30.4 Å². The molecule has 1 aromatic rings. The molecule has 0 saturated heterocycles. The zero-order chi connectivity index (χ0) is 16.9. The first-order valence-corrected chi connectivity index (χ1v) is 7.07. The zero-order valence-corrected chi connectivity index (χ0v) is 12.8. The van der Waals surface area contributed by atoms with Gasteiger partial charge in [0.1, 0.15) is 5.75 Å². The first-order chi connectivity index (χ1) is 10.2. The summed E-state index contributed by atoms with van der Waals surface area (Å²) in [6.45, 7) is 1.50. The van der Waals surface area contributed by atoms with E-state index < -0.39 is 42.1 Å². The summed E-state index contributed by atoms with van der Waals surface area (Å²) in [6.07, 6.45) is -8.20. The molecule has 0 radical (unpaired) electrons. The number of carbonyl (C=O) groups excluding carboxylic acids is 1. The molecule has 1 heterocycles. The first-order valence-electron chi connectivity index (χ1n) is 5.95. The van der Waals surface area contributed by atoms with E-state index in [1.807, 2.05) is 0 Å². The largest absolute Gasteiger partial charge is 0.573 e. The van der Waals surface area contributed by atoms with E-state index in [4.69, 9.17) is 0 Å². The van der Waals surface area contributed by atoms with E-state index in [0.29, 0.717) is 0 Å². The maximum Gasteiger partial charge on any atom is 0.573 e. The molecule has 0 amide bonds. The highest BCUT2D eigenvalue weighted by atomic mass is 79.9. The Bertz CT molecular complexity index is 536. The summed E-state index contributed by atoms with van der Waals surface area (Å²) < 4.78 is 71.9. The van der Waals surface area contributed by atoms with Crippen molar-refractivity contribution in [2.75, 3.05) is 6.61 Å². The fourth-order valence-electron chi connectivity index (χ4n) is 1.65. The van der Waals surface area contributed by atoms with Crippen LogP contribution in [0.5, 0.6) is 5.75 Å². The molecule has 22 heavy (non-hydrogen) atoms. The van der Waals surface area contributed by atoms with Gasteiger partial charge in [0.15, 0.2) is 0 Å². The number of pyridine rings is 1. The lowest BCUT2D eigenvalue weighted by Gasteiger charge is -2.18. The molecule has 4 nitrogen and oxygen atoms in total. The first kappa shape index (κ1) is 18.6. The second-order valence-corrected chi connectivity index (χ2v) is 4.50. The number of halogens is 6. The molecule has 1 aromatic heterocycles. The van der Waals surface area contributed by atoms with Crippen LogP contribution in [0.15, 0.2) is 6.20 Å². The minimum absolute atomic E-state index is 0.00289. The van der Waals surface area contributed by atoms with Crippen molar-refractivity contribution in [3.05, 3.63) is 23.0 Å². The standard InChI is InChI=1S/C12H11BrF5NO3/c1-2-21-8(20)3-6-5-19-7(4-13)9(11(14)15)10(6)22-12(16,17)18/h5,11H,2-4H2,1H3. The van der Waals surface area contributed by atoms with Gasteiger partial charge in [0.25, 0.3) is 6.43 Å². The minimum Gasteiger partial charge on any atom is -0.466 e. The third-order valence-corrected chi connectivity index (χ3v) is 2.96. The summed E-state index contributed by atoms with van der Waals surface area (Å²) in [4.78, 5) is 15.0. The molecule has 0 spiro atoms. The number of rotatable bonds is 6. The third kappa shape index (κ3) is 5.08. The molecule has 0 aliphatic carbocycles. The quantitative estimate of drug-likeness (QED) is 0.419. The monoisotopic (exact) mass is 391 g/mol. The van der Waals surface area contributed by atoms with Crippen LogP contribution in [-0.4, -0.2) is 23.9 Å². The molecule has 0 aliphatic heterocycles. The molecular weight excluding hydrogens is 381 g/mol. The van der Waals surface area contributed by atoms with Gasteiger partial charge >= 0.3 is 12.3 Å². The molecule has 1 rings (SSSR count). The number of ether oxygens (including phenoxy) is 2. The van der Waals surface area contributed by atoms with E-state index in [1.165, 1.54) is 6.92 Å². The van der Waals surface area contributed by atoms with Gasteiger partial charge in [-0.25, -0.2) is 8.78 Å². The molecule has 0 atom stereocenters. The van der Waals surface area contributed by atoms with Crippen LogP contribution < -0.4 is 4.74 Å². The van der Waals surface area contributed by atoms with Gasteiger partial charge in [-0.3, -0.25) is 9.78 Å². The number of alkyl halides is 6. The maximum atomic E-state index is 13.1. The average molecular weight is 392 g/mol. The summed E-state index contributed by atoms with van der Waals surface area (Å²) in [7, 11) is 0. The van der Waals surface area contributed by atoms with Gasteiger partial charge in [0, 0.05) is 17.1 Å². The highest BCUT2D eigenvalue weighted by Gasteiger charge is 2.36. The van der Waals surface area contributed by atoms with Crippen molar-refractivity contribution in [3.8, 4) is 5.75 Å². The summed E-state index contributed by atoms with van der Waals surface area (Å²) >= 11 is 2.87. The summed E-state index contributed by atoms with van der Waals surface area (Å²) in [5, 5.41) is -0.194. The number of esters is 1. The van der Waals surface area contributed by atoms with Crippen LogP contribution in [0.1, 0.15) is 30.2 Å². The molecule has 0 N–H and O–H groups in total. The Balaban J connectivity index is 3.36. The van der Waals surface area contributed by atoms with Crippen molar-refractivity contribution < 1.29 is 36.2 Å². The Kier molecular flexibility index (Phi) is 6.51. The summed E-state index contributed by atoms with van der Waals surface area (Å²) in [5.41, 5.74) is -1.73. The van der Waals surface area contributed by atoms with Crippen LogP contribution in [0.4, 0.5) is 22.0 Å². The zero-order valence-electron chi connectivity index (χ0n) is 11.2. The van der Waals surface area contributed by atoms with E-state index in [9.17, 15) is 26.7 Å². The van der Waals surface area contributed by atoms with Crippen molar-refractivity contribution in [1.82, 2.24) is 4.98 Å². The Morgan fingerprint density at radius 1 is 1.41 bits per heavy atom. The Morgan fingerprint density at radius 2 is 2.05 bits per heavy atom. The van der Waals surface area contributed by atoms with Crippen LogP contribution in [0, 0.1) is 0 Å². The molecule has 124 valence electrons. The smallest absolute Gasteiger partial charge is 0.466 e. The maximum absolute atomic E-state index is 13.1. The van der Waals surface area contributed by atoms with Gasteiger partial charge in [-0.05, 0) is 6.92 Å². The Morgan fingerprint density at radius 3 is 2.50 bits per heavy atom. The van der Waals surface area contributed by atoms with Crippen molar-refractivity contribution in [2.24, 2.45) is 0 Å². The van der Waals surface area contributed by atoms with Crippen LogP contribution in [-0.2, 0) is 21.3 Å². The highest BCUT2D eigenvalue weighted by molar-refractivity contribution is 9.08. The van der Waals surface area contributed by atoms with Gasteiger partial charge < -0.3 is 9.47 Å². The van der Waals surface area contributed by atoms with Crippen molar-refractivity contribution in [2.45, 2.75) is 31.5 Å². The Labute approximate surface area is 130 Å². The van der Waals surface area contributed by atoms with Gasteiger partial charge in [0.05, 0.1) is 24.3 Å². The second kappa shape index (κ2) is 7.70. The van der Waals surface area contributed by atoms with Gasteiger partial charge in [-0.15, -0.1) is 13.2 Å². The SMILES string of the molecule is CCOC(=O)Cc1cnc(CBr)c(C(F)F)c1OC(F)(F)F. The van der Waals surface area contributed by atoms with Crippen molar-refractivity contribution >= 4 is 21.9 Å². The fourth-order valence-corrected chi connectivity index (χ4v) is 2.10. The lowest BCUT2D eigenvalue weighted by Crippen LogP contribution is -2.21. The molecule has 0 aromatic carbocycles. The van der Waals surface area contributed by atoms with Crippen LogP contribution in [0.2, 0.25) is 0 Å². The number of hydrogen-bond donors (Lipinski definition) is 0. The van der Waals surface area contributed by atoms with Gasteiger partial charge in [0.2, 0.25) is 0 Å². The van der Waals surface area contributed by atoms with Crippen LogP contribution in [0.25, 0.3) is 0 Å². The lowest BCUT2D eigenvalue weighted by molar-refractivity contribution is -0.275. The van der Waals surface area contributed by atoms with E-state index in [-0.39, 0.29) is 17.6 Å². The van der Waals surface area contributed by atoms with Crippen molar-refractivity contribution in [3.63, 3.8) is 0 Å². The van der Waals surface area contributed by atoms with Crippen LogP contribution in [0.3, 0.4) is 0 Å². The van der Waals surface area contributed by atoms with Crippen LogP contribution >= 0.6 is 15.9 Å². The topological polar surface area (TPSA) is 48.4 Å². The minimum atomic E-state index is -5.18. The molecule has 0 bridgehead atoms. The molecule has 0 fully saturated rings. The highest BCUT2D eigenvalue weighted by Crippen LogP contribution is 2.38. The summed E-state index contributed by atoms with van der Waals surface area (Å²) in [6, 6.07) is 0. The number of aromatic nitrogens is 1. The fraction of sp³-hybridized carbons (Fsp3) is 0.500. The Hall–Kier alpha value is -1.45. The average Bonchev–Trinajstić information content (AvgIpc) is 2.38. The van der Waals surface area contributed by atoms with Gasteiger partial charge in [-0.2, -0.15) is 0 Å². The molecule has 10 heteroatoms. The van der Waals surface area contributed by atoms with E-state index in [0.717, 1.165) is 6.20 Å². The molecule has 0 unspecified atom stereocenters. The predicted octanol–water partition coefficient (Wildman–Crippen LogP) is 3.92. The number of nitrogens with zero attached hydrogens (tertiary/aromatic N) is 1. The predicted molar refractivity (Wildman–Crippen MR) is 68.8 cm³/mol. The second-order valence-electron chi connectivity index (χ2n) is 3.94. The molecule has 0 saturated carbocycles. The summed E-state index contributed by atoms with van der Waals surface area (Å²) in [5.74, 6) is -1.98. The van der Waals surface area contributed by atoms with Gasteiger partial charge in [-0.1, -0.05) is 15.9 Å². The third-order valence-electron chi connectivity index (χ3n) is 2.43. The normalized spacial score (nSPS) is 11.6. The van der Waals surface area contributed by atoms with E-state index in [1.54, 1.807) is 0 Å².